The number of esters is 4. The Balaban J connectivity index is 1.66. The van der Waals surface area contributed by atoms with E-state index < -0.39 is 47.5 Å². The zero-order chi connectivity index (χ0) is 14.6. The van der Waals surface area contributed by atoms with Crippen LogP contribution in [0.3, 0.4) is 0 Å². The van der Waals surface area contributed by atoms with Gasteiger partial charge in [0.05, 0.1) is 23.7 Å². The molecule has 4 fully saturated rings. The van der Waals surface area contributed by atoms with Crippen LogP contribution in [-0.4, -0.2) is 23.9 Å². The second-order valence-electron chi connectivity index (χ2n) is 6.75. The summed E-state index contributed by atoms with van der Waals surface area (Å²) in [5, 5.41) is 0. The van der Waals surface area contributed by atoms with Crippen LogP contribution in [0.5, 0.6) is 0 Å². The lowest BCUT2D eigenvalue weighted by atomic mass is 9.39. The normalized spacial score (nSPS) is 52.5. The number of carbonyl (C=O) groups excluding carboxylic acids is 4. The number of hydrogen-bond donors (Lipinski definition) is 0. The molecule has 2 aliphatic heterocycles. The maximum atomic E-state index is 12.0. The van der Waals surface area contributed by atoms with Gasteiger partial charge < -0.3 is 9.47 Å². The lowest BCUT2D eigenvalue weighted by Gasteiger charge is -2.60. The predicted octanol–water partition coefficient (Wildman–Crippen LogP) is 0.0699. The van der Waals surface area contributed by atoms with E-state index in [-0.39, 0.29) is 23.7 Å². The molecule has 21 heavy (non-hydrogen) atoms. The molecule has 0 amide bonds. The van der Waals surface area contributed by atoms with Crippen LogP contribution in [0.25, 0.3) is 0 Å². The number of ether oxygens (including phenoxy) is 2. The zero-order valence-electron chi connectivity index (χ0n) is 11.1. The molecular weight excluding hydrogens is 276 g/mol. The van der Waals surface area contributed by atoms with E-state index >= 15 is 0 Å². The molecular formula is C15H12O6. The second-order valence-corrected chi connectivity index (χ2v) is 6.75. The summed E-state index contributed by atoms with van der Waals surface area (Å²) in [6, 6.07) is 0. The zero-order valence-corrected chi connectivity index (χ0v) is 11.1. The first kappa shape index (κ1) is 11.7. The Morgan fingerprint density at radius 1 is 0.714 bits per heavy atom. The van der Waals surface area contributed by atoms with Crippen molar-refractivity contribution in [1.82, 2.24) is 0 Å². The fourth-order valence-corrected chi connectivity index (χ4v) is 5.60. The Bertz CT molecular complexity index is 676. The van der Waals surface area contributed by atoms with Crippen LogP contribution < -0.4 is 0 Å². The lowest BCUT2D eigenvalue weighted by Crippen LogP contribution is -2.64. The second kappa shape index (κ2) is 3.26. The van der Waals surface area contributed by atoms with Gasteiger partial charge in [0.25, 0.3) is 0 Å². The third kappa shape index (κ3) is 1.06. The van der Waals surface area contributed by atoms with E-state index in [0.29, 0.717) is 0 Å². The van der Waals surface area contributed by atoms with Crippen LogP contribution in [0, 0.1) is 47.3 Å². The maximum Gasteiger partial charge on any atom is 0.318 e. The minimum absolute atomic E-state index is 0.0661. The number of rotatable bonds is 0. The van der Waals surface area contributed by atoms with Crippen LogP contribution in [0.1, 0.15) is 6.92 Å². The largest absolute Gasteiger partial charge is 0.393 e. The smallest absolute Gasteiger partial charge is 0.318 e. The Morgan fingerprint density at radius 2 is 1.24 bits per heavy atom. The van der Waals surface area contributed by atoms with Crippen molar-refractivity contribution in [3.63, 3.8) is 0 Å². The molecule has 0 spiro atoms. The molecule has 6 heteroatoms. The summed E-state index contributed by atoms with van der Waals surface area (Å²) in [7, 11) is 0. The fraction of sp³-hybridized carbons (Fsp3) is 0.600. The van der Waals surface area contributed by atoms with Crippen molar-refractivity contribution in [1.29, 1.82) is 0 Å². The summed E-state index contributed by atoms with van der Waals surface area (Å²) in [5.74, 6) is -4.27. The number of carbonyl (C=O) groups is 4. The highest BCUT2D eigenvalue weighted by Crippen LogP contribution is 2.69. The number of hydrogen-bond acceptors (Lipinski definition) is 6. The predicted molar refractivity (Wildman–Crippen MR) is 63.9 cm³/mol. The maximum absolute atomic E-state index is 12.0. The highest BCUT2D eigenvalue weighted by Gasteiger charge is 2.75. The van der Waals surface area contributed by atoms with Crippen molar-refractivity contribution >= 4 is 23.9 Å². The molecule has 6 nitrogen and oxygen atoms in total. The molecule has 8 atom stereocenters. The minimum atomic E-state index is -0.489. The van der Waals surface area contributed by atoms with E-state index in [0.717, 1.165) is 5.57 Å². The standard InChI is InChI=1S/C15H12O6/c1-3-2-4-6-8(11-10(6)14(18)21-15(11)19)5(3)9-7(4)12(16)20-13(9)17/h2,4-11H,1H3/t4-,5+,6-,7+,8+,9+,10+,11+/m0/s1. The number of cyclic esters (lactones) is 4. The summed E-state index contributed by atoms with van der Waals surface area (Å²) in [6.07, 6.45) is 2.00. The molecule has 4 aliphatic carbocycles. The number of allylic oxidation sites excluding steroid dienone is 2. The van der Waals surface area contributed by atoms with Crippen molar-refractivity contribution in [2.24, 2.45) is 47.3 Å². The highest BCUT2D eigenvalue weighted by atomic mass is 16.6. The van der Waals surface area contributed by atoms with Crippen molar-refractivity contribution in [3.05, 3.63) is 11.6 Å². The van der Waals surface area contributed by atoms with Gasteiger partial charge in [0.15, 0.2) is 0 Å². The molecule has 0 radical (unpaired) electrons. The molecule has 6 rings (SSSR count). The molecule has 0 N–H and O–H groups in total. The van der Waals surface area contributed by atoms with Gasteiger partial charge >= 0.3 is 23.9 Å². The third-order valence-electron chi connectivity index (χ3n) is 6.18. The minimum Gasteiger partial charge on any atom is -0.393 e. The molecule has 0 aromatic rings. The summed E-state index contributed by atoms with van der Waals surface area (Å²) in [6.45, 7) is 1.93. The van der Waals surface area contributed by atoms with Gasteiger partial charge in [-0.05, 0) is 30.6 Å². The van der Waals surface area contributed by atoms with Gasteiger partial charge in [0, 0.05) is 0 Å². The summed E-state index contributed by atoms with van der Waals surface area (Å²) < 4.78 is 9.60. The van der Waals surface area contributed by atoms with Crippen LogP contribution >= 0.6 is 0 Å². The lowest BCUT2D eigenvalue weighted by molar-refractivity contribution is -0.168. The van der Waals surface area contributed by atoms with E-state index in [4.69, 9.17) is 9.47 Å². The van der Waals surface area contributed by atoms with E-state index in [2.05, 4.69) is 0 Å². The Hall–Kier alpha value is -1.98. The van der Waals surface area contributed by atoms with Gasteiger partial charge in [-0.25, -0.2) is 0 Å². The molecule has 2 saturated carbocycles. The molecule has 6 aliphatic rings. The summed E-state index contributed by atoms with van der Waals surface area (Å²) in [4.78, 5) is 47.7. The molecule has 0 aromatic heterocycles. The molecule has 0 unspecified atom stereocenters. The van der Waals surface area contributed by atoms with Gasteiger partial charge in [-0.3, -0.25) is 19.2 Å². The van der Waals surface area contributed by atoms with Crippen molar-refractivity contribution in [2.45, 2.75) is 6.92 Å². The topological polar surface area (TPSA) is 86.7 Å². The van der Waals surface area contributed by atoms with E-state index in [9.17, 15) is 19.2 Å². The van der Waals surface area contributed by atoms with E-state index in [1.165, 1.54) is 0 Å². The van der Waals surface area contributed by atoms with Gasteiger partial charge in [-0.15, -0.1) is 0 Å². The third-order valence-corrected chi connectivity index (χ3v) is 6.18. The van der Waals surface area contributed by atoms with Gasteiger partial charge in [-0.2, -0.15) is 0 Å². The Morgan fingerprint density at radius 3 is 1.90 bits per heavy atom. The van der Waals surface area contributed by atoms with Crippen LogP contribution in [0.2, 0.25) is 0 Å². The Labute approximate surface area is 119 Å². The quantitative estimate of drug-likeness (QED) is 0.356. The average molecular weight is 288 g/mol. The van der Waals surface area contributed by atoms with Crippen molar-refractivity contribution < 1.29 is 28.7 Å². The first-order valence-corrected chi connectivity index (χ1v) is 7.20. The number of fused-ring (bicyclic) bond motifs is 1. The summed E-state index contributed by atoms with van der Waals surface area (Å²) in [5.41, 5.74) is 1.03. The SMILES string of the molecule is CC1=C[C@@H]2[C@H]3C(=O)OC(=O)[C@@H]3[C@H]1[C@H]1[C@H]3C(=O)OC(=O)[C@@H]3[C@@H]21. The van der Waals surface area contributed by atoms with E-state index in [1.54, 1.807) is 0 Å². The highest BCUT2D eigenvalue weighted by molar-refractivity contribution is 6.01. The Kier molecular flexibility index (Phi) is 1.81. The fourth-order valence-electron chi connectivity index (χ4n) is 5.60. The van der Waals surface area contributed by atoms with Crippen molar-refractivity contribution in [3.8, 4) is 0 Å². The molecule has 2 saturated heterocycles. The molecule has 0 aromatic carbocycles. The van der Waals surface area contributed by atoms with Crippen molar-refractivity contribution in [2.75, 3.05) is 0 Å². The average Bonchev–Trinajstić information content (AvgIpc) is 2.79. The van der Waals surface area contributed by atoms with Gasteiger partial charge in [0.1, 0.15) is 0 Å². The molecule has 108 valence electrons. The van der Waals surface area contributed by atoms with Crippen LogP contribution in [0.15, 0.2) is 11.6 Å². The summed E-state index contributed by atoms with van der Waals surface area (Å²) >= 11 is 0. The van der Waals surface area contributed by atoms with E-state index in [1.807, 2.05) is 13.0 Å². The first-order chi connectivity index (χ1) is 10.0. The molecule has 2 heterocycles. The van der Waals surface area contributed by atoms with Gasteiger partial charge in [-0.1, -0.05) is 11.6 Å². The van der Waals surface area contributed by atoms with Crippen LogP contribution in [-0.2, 0) is 28.7 Å². The monoisotopic (exact) mass is 288 g/mol. The first-order valence-electron chi connectivity index (χ1n) is 7.20. The molecule has 2 bridgehead atoms. The van der Waals surface area contributed by atoms with Gasteiger partial charge in [0.2, 0.25) is 0 Å². The van der Waals surface area contributed by atoms with Crippen LogP contribution in [0.4, 0.5) is 0 Å².